The number of rotatable bonds is 2. The molecule has 1 nitrogen and oxygen atoms in total. The average molecular weight is 227 g/mol. The lowest BCUT2D eigenvalue weighted by Gasteiger charge is -2.47. The van der Waals surface area contributed by atoms with Crippen molar-refractivity contribution in [2.45, 2.75) is 50.7 Å². The van der Waals surface area contributed by atoms with Crippen LogP contribution in [0.25, 0.3) is 0 Å². The Morgan fingerprint density at radius 1 is 1.06 bits per heavy atom. The summed E-state index contributed by atoms with van der Waals surface area (Å²) in [4.78, 5) is 2.73. The minimum atomic E-state index is 0.759. The zero-order valence-electron chi connectivity index (χ0n) is 10.4. The molecule has 2 saturated heterocycles. The fourth-order valence-electron chi connectivity index (χ4n) is 3.46. The van der Waals surface area contributed by atoms with Gasteiger partial charge in [-0.05, 0) is 31.2 Å². The van der Waals surface area contributed by atoms with Crippen LogP contribution in [-0.4, -0.2) is 17.0 Å². The van der Waals surface area contributed by atoms with Gasteiger partial charge in [0.15, 0.2) is 0 Å². The molecule has 0 aromatic heterocycles. The quantitative estimate of drug-likeness (QED) is 0.695. The van der Waals surface area contributed by atoms with Crippen LogP contribution in [0.3, 0.4) is 0 Å². The van der Waals surface area contributed by atoms with Crippen molar-refractivity contribution in [2.75, 3.05) is 0 Å². The summed E-state index contributed by atoms with van der Waals surface area (Å²) in [6.45, 7) is 5.34. The van der Waals surface area contributed by atoms with E-state index in [0.29, 0.717) is 0 Å². The number of benzene rings is 1. The van der Waals surface area contributed by atoms with Gasteiger partial charge in [0, 0.05) is 18.6 Å². The molecule has 2 bridgehead atoms. The van der Waals surface area contributed by atoms with Crippen LogP contribution < -0.4 is 0 Å². The molecular weight excluding hydrogens is 206 g/mol. The van der Waals surface area contributed by atoms with E-state index < -0.39 is 0 Å². The van der Waals surface area contributed by atoms with Crippen molar-refractivity contribution >= 4 is 0 Å². The van der Waals surface area contributed by atoms with E-state index in [1.54, 1.807) is 0 Å². The molecule has 0 N–H and O–H groups in total. The Kier molecular flexibility index (Phi) is 3.02. The lowest BCUT2D eigenvalue weighted by molar-refractivity contribution is 0.0539. The van der Waals surface area contributed by atoms with Crippen LogP contribution >= 0.6 is 0 Å². The molecule has 2 heterocycles. The van der Waals surface area contributed by atoms with Crippen molar-refractivity contribution in [3.8, 4) is 0 Å². The standard InChI is InChI=1S/C16H21N/c1-13-10-15-8-5-9-16(11-13)17(15)12-14-6-3-2-4-7-14/h2-4,6-7,15-16H,1,5,8-12H2/t15-,16?/m0/s1. The first-order valence-electron chi connectivity index (χ1n) is 6.79. The third-order valence-electron chi connectivity index (χ3n) is 4.27. The molecule has 1 aromatic rings. The first kappa shape index (κ1) is 11.0. The van der Waals surface area contributed by atoms with Crippen molar-refractivity contribution < 1.29 is 0 Å². The fourth-order valence-corrected chi connectivity index (χ4v) is 3.46. The fraction of sp³-hybridized carbons (Fsp3) is 0.500. The number of fused-ring (bicyclic) bond motifs is 2. The molecule has 1 aromatic carbocycles. The van der Waals surface area contributed by atoms with Gasteiger partial charge in [0.1, 0.15) is 0 Å². The Morgan fingerprint density at radius 2 is 1.71 bits per heavy atom. The van der Waals surface area contributed by atoms with Crippen LogP contribution in [0.5, 0.6) is 0 Å². The summed E-state index contributed by atoms with van der Waals surface area (Å²) in [6, 6.07) is 12.4. The maximum atomic E-state index is 4.21. The number of hydrogen-bond donors (Lipinski definition) is 0. The summed E-state index contributed by atoms with van der Waals surface area (Å²) in [7, 11) is 0. The highest BCUT2D eigenvalue weighted by Gasteiger charge is 2.34. The molecule has 90 valence electrons. The first-order chi connectivity index (χ1) is 8.33. The molecule has 2 aliphatic rings. The molecule has 17 heavy (non-hydrogen) atoms. The minimum Gasteiger partial charge on any atom is -0.293 e. The van der Waals surface area contributed by atoms with Crippen LogP contribution in [0.1, 0.15) is 37.7 Å². The zero-order valence-corrected chi connectivity index (χ0v) is 10.4. The largest absolute Gasteiger partial charge is 0.293 e. The molecule has 0 spiro atoms. The maximum absolute atomic E-state index is 4.21. The monoisotopic (exact) mass is 227 g/mol. The summed E-state index contributed by atoms with van der Waals surface area (Å²) in [5.74, 6) is 0. The van der Waals surface area contributed by atoms with Crippen molar-refractivity contribution in [3.63, 3.8) is 0 Å². The number of hydrogen-bond acceptors (Lipinski definition) is 1. The second kappa shape index (κ2) is 4.66. The molecular formula is C16H21N. The number of nitrogens with zero attached hydrogens (tertiary/aromatic N) is 1. The Labute approximate surface area is 104 Å². The van der Waals surface area contributed by atoms with Gasteiger partial charge in [-0.3, -0.25) is 4.90 Å². The Balaban J connectivity index is 1.76. The molecule has 1 unspecified atom stereocenters. The van der Waals surface area contributed by atoms with Crippen LogP contribution in [0.2, 0.25) is 0 Å². The molecule has 2 atom stereocenters. The summed E-state index contributed by atoms with van der Waals surface area (Å²) in [5.41, 5.74) is 2.93. The Morgan fingerprint density at radius 3 is 2.35 bits per heavy atom. The summed E-state index contributed by atoms with van der Waals surface area (Å²) < 4.78 is 0. The van der Waals surface area contributed by atoms with Gasteiger partial charge in [-0.2, -0.15) is 0 Å². The van der Waals surface area contributed by atoms with Gasteiger partial charge in [-0.1, -0.05) is 48.9 Å². The second-order valence-corrected chi connectivity index (χ2v) is 5.55. The van der Waals surface area contributed by atoms with Gasteiger partial charge in [0.05, 0.1) is 0 Å². The SMILES string of the molecule is C=C1CC2CCC[C@@H](C1)N2Cc1ccccc1. The summed E-state index contributed by atoms with van der Waals surface area (Å²) in [6.07, 6.45) is 6.59. The molecule has 0 aliphatic carbocycles. The van der Waals surface area contributed by atoms with E-state index in [1.807, 2.05) is 0 Å². The first-order valence-corrected chi connectivity index (χ1v) is 6.79. The third-order valence-corrected chi connectivity index (χ3v) is 4.27. The highest BCUT2D eigenvalue weighted by atomic mass is 15.2. The van der Waals surface area contributed by atoms with Crippen molar-refractivity contribution in [1.29, 1.82) is 0 Å². The third kappa shape index (κ3) is 2.30. The highest BCUT2D eigenvalue weighted by Crippen LogP contribution is 2.36. The normalized spacial score (nSPS) is 29.3. The van der Waals surface area contributed by atoms with E-state index in [0.717, 1.165) is 18.6 Å². The van der Waals surface area contributed by atoms with Gasteiger partial charge in [0.2, 0.25) is 0 Å². The average Bonchev–Trinajstić information content (AvgIpc) is 2.32. The molecule has 1 heteroatoms. The Hall–Kier alpha value is -1.08. The van der Waals surface area contributed by atoms with Gasteiger partial charge >= 0.3 is 0 Å². The van der Waals surface area contributed by atoms with Crippen LogP contribution in [-0.2, 0) is 6.54 Å². The van der Waals surface area contributed by atoms with Crippen molar-refractivity contribution in [2.24, 2.45) is 0 Å². The van der Waals surface area contributed by atoms with E-state index in [1.165, 1.54) is 43.2 Å². The molecule has 0 amide bonds. The van der Waals surface area contributed by atoms with Gasteiger partial charge in [-0.25, -0.2) is 0 Å². The predicted molar refractivity (Wildman–Crippen MR) is 71.8 cm³/mol. The number of piperidine rings is 2. The molecule has 0 radical (unpaired) electrons. The second-order valence-electron chi connectivity index (χ2n) is 5.55. The maximum Gasteiger partial charge on any atom is 0.0239 e. The summed E-state index contributed by atoms with van der Waals surface area (Å²) >= 11 is 0. The van der Waals surface area contributed by atoms with E-state index >= 15 is 0 Å². The molecule has 2 fully saturated rings. The molecule has 3 rings (SSSR count). The van der Waals surface area contributed by atoms with Crippen LogP contribution in [0, 0.1) is 0 Å². The smallest absolute Gasteiger partial charge is 0.0239 e. The highest BCUT2D eigenvalue weighted by molar-refractivity contribution is 5.17. The van der Waals surface area contributed by atoms with Crippen LogP contribution in [0.4, 0.5) is 0 Å². The topological polar surface area (TPSA) is 3.24 Å². The van der Waals surface area contributed by atoms with Crippen molar-refractivity contribution in [1.82, 2.24) is 4.90 Å². The molecule has 0 saturated carbocycles. The van der Waals surface area contributed by atoms with Gasteiger partial charge in [0.25, 0.3) is 0 Å². The van der Waals surface area contributed by atoms with Gasteiger partial charge in [-0.15, -0.1) is 0 Å². The predicted octanol–water partition coefficient (Wildman–Crippen LogP) is 3.76. The van der Waals surface area contributed by atoms with E-state index in [-0.39, 0.29) is 0 Å². The van der Waals surface area contributed by atoms with Gasteiger partial charge < -0.3 is 0 Å². The van der Waals surface area contributed by atoms with Crippen molar-refractivity contribution in [3.05, 3.63) is 48.0 Å². The van der Waals surface area contributed by atoms with E-state index in [4.69, 9.17) is 0 Å². The molecule has 2 aliphatic heterocycles. The van der Waals surface area contributed by atoms with E-state index in [2.05, 4.69) is 41.8 Å². The van der Waals surface area contributed by atoms with Crippen LogP contribution in [0.15, 0.2) is 42.5 Å². The lowest BCUT2D eigenvalue weighted by atomic mass is 9.82. The zero-order chi connectivity index (χ0) is 11.7. The Bertz CT molecular complexity index is 379. The van der Waals surface area contributed by atoms with E-state index in [9.17, 15) is 0 Å². The summed E-state index contributed by atoms with van der Waals surface area (Å²) in [5, 5.41) is 0. The minimum absolute atomic E-state index is 0.759. The lowest BCUT2D eigenvalue weighted by Crippen LogP contribution is -2.49.